The molecule has 1 fully saturated rings. The van der Waals surface area contributed by atoms with Crippen molar-refractivity contribution in [2.75, 3.05) is 19.1 Å². The van der Waals surface area contributed by atoms with Crippen LogP contribution in [0.4, 0.5) is 5.69 Å². The molecule has 1 saturated heterocycles. The second-order valence-electron chi connectivity index (χ2n) is 7.82. The molecule has 1 aliphatic rings. The fourth-order valence-electron chi connectivity index (χ4n) is 4.24. The second-order valence-corrected chi connectivity index (χ2v) is 7.82. The lowest BCUT2D eigenvalue weighted by Gasteiger charge is -2.25. The summed E-state index contributed by atoms with van der Waals surface area (Å²) in [6.07, 6.45) is 3.19. The number of pyridine rings is 1. The maximum Gasteiger partial charge on any atom is 0.300 e. The number of amides is 1. The van der Waals surface area contributed by atoms with Crippen LogP contribution in [0.5, 0.6) is 11.5 Å². The third-order valence-corrected chi connectivity index (χ3v) is 5.67. The van der Waals surface area contributed by atoms with Crippen LogP contribution in [0.25, 0.3) is 5.76 Å². The normalized spacial score (nSPS) is 17.3. The molecule has 0 spiro atoms. The average Bonchev–Trinajstić information content (AvgIpc) is 3.09. The fourth-order valence-corrected chi connectivity index (χ4v) is 4.24. The molecule has 1 aromatic heterocycles. The summed E-state index contributed by atoms with van der Waals surface area (Å²) in [5, 5.41) is 11.4. The molecule has 2 aromatic carbocycles. The van der Waals surface area contributed by atoms with Gasteiger partial charge in [-0.1, -0.05) is 12.1 Å². The van der Waals surface area contributed by atoms with Gasteiger partial charge in [0.2, 0.25) is 0 Å². The van der Waals surface area contributed by atoms with E-state index in [1.807, 2.05) is 19.9 Å². The van der Waals surface area contributed by atoms with E-state index in [4.69, 9.17) is 9.47 Å². The lowest BCUT2D eigenvalue weighted by molar-refractivity contribution is -0.132. The molecule has 3 aromatic rings. The third-order valence-electron chi connectivity index (χ3n) is 5.67. The van der Waals surface area contributed by atoms with Gasteiger partial charge >= 0.3 is 0 Å². The summed E-state index contributed by atoms with van der Waals surface area (Å²) < 4.78 is 10.7. The van der Waals surface area contributed by atoms with E-state index in [-0.39, 0.29) is 11.3 Å². The van der Waals surface area contributed by atoms with E-state index in [9.17, 15) is 14.7 Å². The van der Waals surface area contributed by atoms with E-state index in [0.717, 1.165) is 11.1 Å². The molecule has 1 amide bonds. The van der Waals surface area contributed by atoms with Crippen LogP contribution < -0.4 is 14.4 Å². The average molecular weight is 444 g/mol. The zero-order chi connectivity index (χ0) is 23.7. The first-order valence-corrected chi connectivity index (χ1v) is 10.4. The van der Waals surface area contributed by atoms with Crippen molar-refractivity contribution < 1.29 is 24.2 Å². The SMILES string of the molecule is COc1ccc(N2C(=O)C(=O)/C(=C(/O)c3cc(C)cc(C)c3OC)C2c2cccnc2)cc1. The number of hydrogen-bond acceptors (Lipinski definition) is 6. The number of nitrogens with zero attached hydrogens (tertiary/aromatic N) is 2. The molecule has 1 N–H and O–H groups in total. The topological polar surface area (TPSA) is 89.0 Å². The summed E-state index contributed by atoms with van der Waals surface area (Å²) in [5.41, 5.74) is 3.12. The Labute approximate surface area is 191 Å². The molecule has 0 bridgehead atoms. The minimum absolute atomic E-state index is 0.0212. The van der Waals surface area contributed by atoms with Gasteiger partial charge in [0, 0.05) is 18.1 Å². The van der Waals surface area contributed by atoms with Gasteiger partial charge in [-0.05, 0) is 66.9 Å². The van der Waals surface area contributed by atoms with Crippen LogP contribution in [-0.2, 0) is 9.59 Å². The summed E-state index contributed by atoms with van der Waals surface area (Å²) in [6, 6.07) is 13.1. The number of anilines is 1. The first kappa shape index (κ1) is 22.1. The maximum absolute atomic E-state index is 13.3. The van der Waals surface area contributed by atoms with Crippen molar-refractivity contribution in [3.8, 4) is 11.5 Å². The standard InChI is InChI=1S/C26H24N2O5/c1-15-12-16(2)25(33-4)20(13-15)23(29)21-22(17-6-5-11-27-14-17)28(26(31)24(21)30)18-7-9-19(32-3)10-8-18/h5-14,22,29H,1-4H3/b23-21+. The molecule has 7 nitrogen and oxygen atoms in total. The van der Waals surface area contributed by atoms with Gasteiger partial charge in [0.15, 0.2) is 0 Å². The Hall–Kier alpha value is -4.13. The number of aryl methyl sites for hydroxylation is 2. The van der Waals surface area contributed by atoms with Gasteiger partial charge in [-0.2, -0.15) is 0 Å². The third kappa shape index (κ3) is 3.82. The van der Waals surface area contributed by atoms with Crippen molar-refractivity contribution >= 4 is 23.1 Å². The first-order chi connectivity index (χ1) is 15.9. The Morgan fingerprint density at radius 2 is 1.76 bits per heavy atom. The van der Waals surface area contributed by atoms with E-state index < -0.39 is 17.7 Å². The zero-order valence-corrected chi connectivity index (χ0v) is 18.8. The highest BCUT2D eigenvalue weighted by molar-refractivity contribution is 6.51. The van der Waals surface area contributed by atoms with Crippen molar-refractivity contribution in [1.29, 1.82) is 0 Å². The number of benzene rings is 2. The summed E-state index contributed by atoms with van der Waals surface area (Å²) in [4.78, 5) is 32.1. The minimum atomic E-state index is -0.863. The van der Waals surface area contributed by atoms with Crippen molar-refractivity contribution in [3.05, 3.63) is 88.8 Å². The van der Waals surface area contributed by atoms with E-state index in [2.05, 4.69) is 4.98 Å². The van der Waals surface area contributed by atoms with Crippen LogP contribution in [0, 0.1) is 13.8 Å². The van der Waals surface area contributed by atoms with Gasteiger partial charge < -0.3 is 14.6 Å². The van der Waals surface area contributed by atoms with Crippen LogP contribution in [0.1, 0.15) is 28.3 Å². The Balaban J connectivity index is 1.97. The van der Waals surface area contributed by atoms with Gasteiger partial charge in [-0.15, -0.1) is 0 Å². The van der Waals surface area contributed by atoms with Crippen LogP contribution in [0.2, 0.25) is 0 Å². The number of rotatable bonds is 5. The quantitative estimate of drug-likeness (QED) is 0.358. The molecular formula is C26H24N2O5. The monoisotopic (exact) mass is 444 g/mol. The second kappa shape index (κ2) is 8.78. The maximum atomic E-state index is 13.3. The first-order valence-electron chi connectivity index (χ1n) is 10.4. The summed E-state index contributed by atoms with van der Waals surface area (Å²) in [7, 11) is 3.05. The molecule has 1 aliphatic heterocycles. The smallest absolute Gasteiger partial charge is 0.300 e. The molecule has 2 heterocycles. The number of carbonyl (C=O) groups excluding carboxylic acids is 2. The number of hydrogen-bond donors (Lipinski definition) is 1. The minimum Gasteiger partial charge on any atom is -0.507 e. The molecular weight excluding hydrogens is 420 g/mol. The molecule has 1 unspecified atom stereocenters. The molecule has 0 saturated carbocycles. The van der Waals surface area contributed by atoms with Gasteiger partial charge in [0.1, 0.15) is 17.3 Å². The molecule has 0 aliphatic carbocycles. The number of methoxy groups -OCH3 is 2. The predicted molar refractivity (Wildman–Crippen MR) is 124 cm³/mol. The lowest BCUT2D eigenvalue weighted by Crippen LogP contribution is -2.29. The lowest BCUT2D eigenvalue weighted by atomic mass is 9.94. The van der Waals surface area contributed by atoms with Crippen LogP contribution in [0.15, 0.2) is 66.5 Å². The van der Waals surface area contributed by atoms with Crippen LogP contribution in [0.3, 0.4) is 0 Å². The van der Waals surface area contributed by atoms with E-state index in [1.165, 1.54) is 12.0 Å². The summed E-state index contributed by atoms with van der Waals surface area (Å²) in [5.74, 6) is -0.744. The Morgan fingerprint density at radius 3 is 2.36 bits per heavy atom. The van der Waals surface area contributed by atoms with Gasteiger partial charge in [0.05, 0.1) is 31.4 Å². The van der Waals surface area contributed by atoms with Crippen molar-refractivity contribution in [2.24, 2.45) is 0 Å². The van der Waals surface area contributed by atoms with Crippen molar-refractivity contribution in [1.82, 2.24) is 4.98 Å². The highest BCUT2D eigenvalue weighted by atomic mass is 16.5. The number of carbonyl (C=O) groups is 2. The highest BCUT2D eigenvalue weighted by Gasteiger charge is 2.47. The van der Waals surface area contributed by atoms with Crippen molar-refractivity contribution in [2.45, 2.75) is 19.9 Å². The van der Waals surface area contributed by atoms with Crippen molar-refractivity contribution in [3.63, 3.8) is 0 Å². The number of aliphatic hydroxyl groups is 1. The summed E-state index contributed by atoms with van der Waals surface area (Å²) in [6.45, 7) is 3.74. The number of Topliss-reactive ketones (excluding diaryl/α,β-unsaturated/α-hetero) is 1. The van der Waals surface area contributed by atoms with E-state index >= 15 is 0 Å². The molecule has 1 atom stereocenters. The molecule has 168 valence electrons. The van der Waals surface area contributed by atoms with Gasteiger partial charge in [0.25, 0.3) is 11.7 Å². The zero-order valence-electron chi connectivity index (χ0n) is 18.8. The van der Waals surface area contributed by atoms with Gasteiger partial charge in [-0.3, -0.25) is 19.5 Å². The van der Waals surface area contributed by atoms with E-state index in [0.29, 0.717) is 28.3 Å². The Kier molecular flexibility index (Phi) is 5.87. The van der Waals surface area contributed by atoms with Crippen LogP contribution in [-0.4, -0.2) is 36.0 Å². The van der Waals surface area contributed by atoms with E-state index in [1.54, 1.807) is 62.0 Å². The highest BCUT2D eigenvalue weighted by Crippen LogP contribution is 2.43. The fraction of sp³-hybridized carbons (Fsp3) is 0.192. The molecule has 33 heavy (non-hydrogen) atoms. The number of aromatic nitrogens is 1. The largest absolute Gasteiger partial charge is 0.507 e. The molecule has 4 rings (SSSR count). The Morgan fingerprint density at radius 1 is 1.03 bits per heavy atom. The van der Waals surface area contributed by atoms with Crippen LogP contribution >= 0.6 is 0 Å². The number of aliphatic hydroxyl groups excluding tert-OH is 1. The summed E-state index contributed by atoms with van der Waals surface area (Å²) >= 11 is 0. The number of ether oxygens (including phenoxy) is 2. The Bertz CT molecular complexity index is 1250. The predicted octanol–water partition coefficient (Wildman–Crippen LogP) is 4.34. The van der Waals surface area contributed by atoms with Gasteiger partial charge in [-0.25, -0.2) is 0 Å². The molecule has 7 heteroatoms. The number of ketones is 1. The molecule has 0 radical (unpaired) electrons.